The van der Waals surface area contributed by atoms with Crippen molar-refractivity contribution in [2.24, 2.45) is 5.92 Å². The van der Waals surface area contributed by atoms with Gasteiger partial charge in [-0.25, -0.2) is 24.1 Å². The molecule has 11 N–H and O–H groups in total. The maximum absolute atomic E-state index is 12.8. The Bertz CT molecular complexity index is 1470. The smallest absolute Gasteiger partial charge is 0.394 e. The molecule has 4 heterocycles. The highest BCUT2D eigenvalue weighted by atomic mass is 31.2. The molecule has 0 aliphatic carbocycles. The molecule has 12 atom stereocenters. The van der Waals surface area contributed by atoms with E-state index in [0.717, 1.165) is 12.7 Å². The summed E-state index contributed by atoms with van der Waals surface area (Å²) in [6, 6.07) is 0. The lowest BCUT2D eigenvalue weighted by Crippen LogP contribution is -2.43. The van der Waals surface area contributed by atoms with Gasteiger partial charge in [-0.05, 0) is 5.92 Å². The maximum Gasteiger partial charge on any atom is 0.433 e. The van der Waals surface area contributed by atoms with Gasteiger partial charge < -0.3 is 55.0 Å². The molecule has 4 unspecified atom stereocenters. The second-order valence-electron chi connectivity index (χ2n) is 10.9. The van der Waals surface area contributed by atoms with Crippen molar-refractivity contribution < 1.29 is 78.0 Å². The number of amides is 1. The molecule has 2 saturated heterocycles. The van der Waals surface area contributed by atoms with Gasteiger partial charge in [0, 0.05) is 6.42 Å². The number of ether oxygens (including phenoxy) is 2. The third kappa shape index (κ3) is 8.24. The molecule has 4 rings (SSSR count). The molecule has 1 amide bonds. The zero-order chi connectivity index (χ0) is 34.1. The van der Waals surface area contributed by atoms with Crippen molar-refractivity contribution in [1.29, 1.82) is 0 Å². The lowest BCUT2D eigenvalue weighted by Gasteiger charge is -2.22. The molecule has 0 bridgehead atoms. The van der Waals surface area contributed by atoms with E-state index in [1.165, 1.54) is 18.4 Å². The van der Waals surface area contributed by atoms with Crippen LogP contribution in [0, 0.1) is 5.92 Å². The van der Waals surface area contributed by atoms with Crippen LogP contribution in [-0.4, -0.2) is 139 Å². The molecule has 2 aliphatic heterocycles. The van der Waals surface area contributed by atoms with Crippen molar-refractivity contribution in [2.45, 2.75) is 81.6 Å². The average molecular weight is 703 g/mol. The van der Waals surface area contributed by atoms with Crippen molar-refractivity contribution in [3.05, 3.63) is 12.7 Å². The lowest BCUT2D eigenvalue weighted by molar-refractivity contribution is -0.139. The Labute approximate surface area is 259 Å². The lowest BCUT2D eigenvalue weighted by atomic mass is 10.0. The van der Waals surface area contributed by atoms with Gasteiger partial charge in [-0.2, -0.15) is 0 Å². The van der Waals surface area contributed by atoms with Crippen LogP contribution in [0.2, 0.25) is 0 Å². The summed E-state index contributed by atoms with van der Waals surface area (Å²) >= 11 is 0. The first-order chi connectivity index (χ1) is 21.4. The van der Waals surface area contributed by atoms with Crippen molar-refractivity contribution in [3.8, 4) is 0 Å². The fourth-order valence-corrected chi connectivity index (χ4v) is 6.41. The monoisotopic (exact) mass is 702 g/mol. The molecular weight excluding hydrogens is 666 g/mol. The molecule has 260 valence electrons. The summed E-state index contributed by atoms with van der Waals surface area (Å²) in [4.78, 5) is 44.4. The van der Waals surface area contributed by atoms with E-state index < -0.39 is 102 Å². The summed E-state index contributed by atoms with van der Waals surface area (Å²) < 4.78 is 47.0. The fourth-order valence-electron chi connectivity index (χ4n) is 4.63. The summed E-state index contributed by atoms with van der Waals surface area (Å²) in [5.74, 6) is -2.21. The van der Waals surface area contributed by atoms with E-state index in [0.29, 0.717) is 0 Å². The van der Waals surface area contributed by atoms with Crippen LogP contribution in [0.25, 0.3) is 11.2 Å². The Morgan fingerprint density at radius 2 is 1.78 bits per heavy atom. The Morgan fingerprint density at radius 3 is 2.43 bits per heavy atom. The Kier molecular flexibility index (Phi) is 11.5. The largest absolute Gasteiger partial charge is 0.433 e. The van der Waals surface area contributed by atoms with Gasteiger partial charge in [0.25, 0.3) is 5.91 Å². The summed E-state index contributed by atoms with van der Waals surface area (Å²) in [6.07, 6.45) is -13.5. The number of carbonyl (C=O) groups is 1. The number of anilines is 1. The van der Waals surface area contributed by atoms with Crippen LogP contribution in [0.4, 0.5) is 5.82 Å². The first kappa shape index (κ1) is 36.6. The quantitative estimate of drug-likeness (QED) is 0.0847. The van der Waals surface area contributed by atoms with Crippen molar-refractivity contribution >= 4 is 38.4 Å². The van der Waals surface area contributed by atoms with Crippen LogP contribution >= 0.6 is 15.5 Å². The predicted octanol–water partition coefficient (Wildman–Crippen LogP) is -3.59. The Balaban J connectivity index is 1.39. The van der Waals surface area contributed by atoms with E-state index in [9.17, 15) is 54.4 Å². The van der Waals surface area contributed by atoms with E-state index in [1.54, 1.807) is 5.09 Å². The first-order valence-corrected chi connectivity index (χ1v) is 16.9. The molecule has 2 fully saturated rings. The standard InChI is InChI=1S/C22H36N6O16P2/c1-8(2)13(32)15(34)20(36)27-45(37,38)41-5-9-3-10(30)21(42-9)28-7-25-12-18(23-6-24-19(12)28)26-46(39,40)44-22-16(35)14(33)17(43-22)11(31)4-29/h6-11,13-17,21-22,29-35H,3-5H2,1-2H3,(H2,27,36,37,38)(H2,23,24,26,39,40)/t9-,10-,11+,13+,14+,15-,16+,17-,21?,22?/m0/s1. The number of rotatable bonds is 14. The van der Waals surface area contributed by atoms with E-state index in [4.69, 9.17) is 23.6 Å². The van der Waals surface area contributed by atoms with Crippen LogP contribution in [0.3, 0.4) is 0 Å². The number of hydrogen-bond acceptors (Lipinski definition) is 17. The average Bonchev–Trinajstić information content (AvgIpc) is 3.66. The van der Waals surface area contributed by atoms with Gasteiger partial charge in [-0.1, -0.05) is 13.8 Å². The number of carbonyl (C=O) groups excluding carboxylic acids is 1. The van der Waals surface area contributed by atoms with Crippen LogP contribution < -0.4 is 10.2 Å². The van der Waals surface area contributed by atoms with Crippen LogP contribution in [0.5, 0.6) is 0 Å². The molecule has 2 aliphatic rings. The molecule has 0 radical (unpaired) electrons. The van der Waals surface area contributed by atoms with Gasteiger partial charge in [-0.3, -0.25) is 28.6 Å². The van der Waals surface area contributed by atoms with Gasteiger partial charge >= 0.3 is 15.5 Å². The number of nitrogens with zero attached hydrogens (tertiary/aromatic N) is 4. The second-order valence-corrected chi connectivity index (χ2v) is 13.9. The molecule has 0 aromatic carbocycles. The number of nitrogens with one attached hydrogen (secondary N) is 2. The van der Waals surface area contributed by atoms with Gasteiger partial charge in [-0.15, -0.1) is 0 Å². The zero-order valence-corrected chi connectivity index (χ0v) is 26.0. The number of aromatic nitrogens is 4. The van der Waals surface area contributed by atoms with E-state index >= 15 is 0 Å². The highest BCUT2D eigenvalue weighted by molar-refractivity contribution is 7.54. The van der Waals surface area contributed by atoms with Crippen molar-refractivity contribution in [1.82, 2.24) is 24.6 Å². The number of hydrogen-bond donors (Lipinski definition) is 11. The normalized spacial score (nSPS) is 31.3. The van der Waals surface area contributed by atoms with Gasteiger partial charge in [0.05, 0.1) is 31.7 Å². The van der Waals surface area contributed by atoms with Crippen molar-refractivity contribution in [3.63, 3.8) is 0 Å². The molecule has 2 aromatic heterocycles. The topological polar surface area (TPSA) is 338 Å². The van der Waals surface area contributed by atoms with E-state index in [1.807, 2.05) is 0 Å². The van der Waals surface area contributed by atoms with E-state index in [2.05, 4.69) is 20.0 Å². The van der Waals surface area contributed by atoms with Gasteiger partial charge in [0.1, 0.15) is 36.8 Å². The summed E-state index contributed by atoms with van der Waals surface area (Å²) in [7, 11) is -9.75. The summed E-state index contributed by atoms with van der Waals surface area (Å²) in [5.41, 5.74) is -0.123. The molecule has 46 heavy (non-hydrogen) atoms. The summed E-state index contributed by atoms with van der Waals surface area (Å²) in [6.45, 7) is 1.62. The van der Waals surface area contributed by atoms with E-state index in [-0.39, 0.29) is 23.4 Å². The Morgan fingerprint density at radius 1 is 1.09 bits per heavy atom. The van der Waals surface area contributed by atoms with Crippen LogP contribution in [0.15, 0.2) is 12.7 Å². The minimum absolute atomic E-state index is 0.0142. The molecule has 22 nitrogen and oxygen atoms in total. The zero-order valence-electron chi connectivity index (χ0n) is 24.2. The minimum atomic E-state index is -4.92. The molecule has 2 aromatic rings. The minimum Gasteiger partial charge on any atom is -0.394 e. The molecule has 0 spiro atoms. The second kappa shape index (κ2) is 14.5. The number of aliphatic hydroxyl groups is 7. The van der Waals surface area contributed by atoms with Crippen LogP contribution in [-0.2, 0) is 32.4 Å². The highest BCUT2D eigenvalue weighted by Gasteiger charge is 2.49. The van der Waals surface area contributed by atoms with Gasteiger partial charge in [0.2, 0.25) is 0 Å². The van der Waals surface area contributed by atoms with Crippen LogP contribution in [0.1, 0.15) is 26.5 Å². The molecular formula is C22H36N6O16P2. The number of imidazole rings is 1. The number of aliphatic hydroxyl groups excluding tert-OH is 7. The maximum atomic E-state index is 12.8. The third-order valence-corrected chi connectivity index (χ3v) is 9.07. The highest BCUT2D eigenvalue weighted by Crippen LogP contribution is 2.46. The van der Waals surface area contributed by atoms with Crippen molar-refractivity contribution in [2.75, 3.05) is 18.3 Å². The molecule has 0 saturated carbocycles. The number of fused-ring (bicyclic) bond motifs is 1. The third-order valence-electron chi connectivity index (χ3n) is 7.08. The SMILES string of the molecule is CC(C)[C@@H](O)[C@H](O)C(=O)NP(=O)(O)OC[C@@H]1C[C@H](O)C(n2cnc3c(NP(=O)(O)OC4O[C@@H]([C@H](O)CO)[C@H](O)[C@H]4O)ncnc32)O1. The first-order valence-electron chi connectivity index (χ1n) is 13.7. The van der Waals surface area contributed by atoms with Gasteiger partial charge in [0.15, 0.2) is 35.6 Å². The predicted molar refractivity (Wildman–Crippen MR) is 149 cm³/mol. The summed E-state index contributed by atoms with van der Waals surface area (Å²) in [5, 5.41) is 73.0. The molecule has 24 heteroatoms. The Hall–Kier alpha value is -2.24. The fraction of sp³-hybridized carbons (Fsp3) is 0.727.